The highest BCUT2D eigenvalue weighted by Gasteiger charge is 2.40. The van der Waals surface area contributed by atoms with Crippen LogP contribution in [0, 0.1) is 0 Å². The van der Waals surface area contributed by atoms with E-state index in [9.17, 15) is 19.2 Å². The summed E-state index contributed by atoms with van der Waals surface area (Å²) in [4.78, 5) is 72.2. The minimum absolute atomic E-state index is 0.0684. The first-order valence-corrected chi connectivity index (χ1v) is 18.1. The molecule has 0 radical (unpaired) electrons. The van der Waals surface area contributed by atoms with Crippen molar-refractivity contribution in [2.45, 2.75) is 76.6 Å². The Hall–Kier alpha value is -5.67. The molecule has 2 aliphatic rings. The molecule has 15 heteroatoms. The quantitative estimate of drug-likeness (QED) is 0.0544. The Balaban J connectivity index is 1.29. The van der Waals surface area contributed by atoms with E-state index in [0.29, 0.717) is 55.0 Å². The Bertz CT molecular complexity index is 1890. The van der Waals surface area contributed by atoms with Crippen molar-refractivity contribution >= 4 is 52.4 Å². The predicted molar refractivity (Wildman–Crippen MR) is 207 cm³/mol. The lowest BCUT2D eigenvalue weighted by molar-refractivity contribution is -0.671. The van der Waals surface area contributed by atoms with Crippen LogP contribution in [0.3, 0.4) is 0 Å². The number of likely N-dealkylation sites (tertiary alicyclic amines) is 1. The number of guanidine groups is 1. The van der Waals surface area contributed by atoms with Crippen molar-refractivity contribution in [2.24, 2.45) is 28.5 Å². The number of likely N-dealkylation sites (N-methyl/N-ethyl adjacent to an activating group) is 1. The molecule has 0 saturated carbocycles. The van der Waals surface area contributed by atoms with E-state index >= 15 is 0 Å². The Kier molecular flexibility index (Phi) is 12.8. The van der Waals surface area contributed by atoms with Crippen molar-refractivity contribution in [1.29, 1.82) is 0 Å². The standard InChI is InChI=1S/C39H50N10O5/c1-39(2,3)54-46-29(24-25-12-7-6-8-13-25)36(52)49-23-11-16-31(49)35(51)45-28(14-9-21-42-38(40)41)34(50)44-27-19-17-26(18-20-27)43-32-33-30(48(5)37(32)53)15-10-22-47(33)4/h6-8,10,12-13,15,17-20,22,28-29,31,46H,9,11,14,16,21,23-24H2,1-5H3,(H5,40,41,42,45,51)/p+1/t28-,29+,31-/m0/s1. The molecule has 1 aromatic heterocycles. The normalized spacial score (nSPS) is 17.2. The van der Waals surface area contributed by atoms with Crippen LogP contribution in [-0.2, 0) is 37.5 Å². The molecule has 1 saturated heterocycles. The number of nitrogens with one attached hydrogen (secondary N) is 3. The van der Waals surface area contributed by atoms with Crippen LogP contribution in [0.2, 0.25) is 0 Å². The van der Waals surface area contributed by atoms with Gasteiger partial charge in [-0.15, -0.1) is 0 Å². The van der Waals surface area contributed by atoms with Gasteiger partial charge in [-0.25, -0.2) is 4.99 Å². The maximum absolute atomic E-state index is 14.0. The number of amides is 4. The van der Waals surface area contributed by atoms with E-state index in [1.54, 1.807) is 41.1 Å². The molecule has 54 heavy (non-hydrogen) atoms. The number of aryl methyl sites for hydroxylation is 1. The topological polar surface area (TPSA) is 201 Å². The Labute approximate surface area is 315 Å². The molecule has 7 N–H and O–H groups in total. The van der Waals surface area contributed by atoms with Gasteiger partial charge >= 0.3 is 0 Å². The van der Waals surface area contributed by atoms with Crippen LogP contribution in [0.15, 0.2) is 82.9 Å². The third-order valence-corrected chi connectivity index (χ3v) is 9.13. The van der Waals surface area contributed by atoms with Crippen LogP contribution >= 0.6 is 0 Å². The number of aromatic nitrogens is 1. The number of anilines is 2. The highest BCUT2D eigenvalue weighted by molar-refractivity contribution is 6.53. The summed E-state index contributed by atoms with van der Waals surface area (Å²) < 4.78 is 1.86. The van der Waals surface area contributed by atoms with Gasteiger partial charge in [0.25, 0.3) is 11.6 Å². The molecule has 2 aromatic carbocycles. The summed E-state index contributed by atoms with van der Waals surface area (Å²) in [6.45, 7) is 6.30. The van der Waals surface area contributed by atoms with E-state index < -0.39 is 35.5 Å². The molecule has 2 aliphatic heterocycles. The summed E-state index contributed by atoms with van der Waals surface area (Å²) in [6, 6.07) is 17.6. The average Bonchev–Trinajstić information content (AvgIpc) is 3.72. The molecule has 5 rings (SSSR count). The SMILES string of the molecule is CN1C(=O)C(=Nc2ccc(NC(=O)[C@H](CCCN=C(N)N)NC(=O)[C@@H]3CCCN3C(=O)[C@@H](Cc3ccccc3)NOC(C)(C)C)cc2)c2c1ccc[n+]2C. The van der Waals surface area contributed by atoms with Gasteiger partial charge in [-0.3, -0.25) is 29.0 Å². The second-order valence-electron chi connectivity index (χ2n) is 14.5. The zero-order valence-electron chi connectivity index (χ0n) is 31.5. The molecule has 0 bridgehead atoms. The van der Waals surface area contributed by atoms with Crippen molar-refractivity contribution in [3.05, 3.63) is 84.2 Å². The zero-order valence-corrected chi connectivity index (χ0v) is 31.5. The van der Waals surface area contributed by atoms with Crippen LogP contribution in [0.5, 0.6) is 0 Å². The maximum atomic E-state index is 14.0. The van der Waals surface area contributed by atoms with Gasteiger partial charge in [0.05, 0.1) is 11.3 Å². The second kappa shape index (κ2) is 17.4. The molecule has 3 atom stereocenters. The summed E-state index contributed by atoms with van der Waals surface area (Å²) in [6.07, 6.45) is 3.95. The highest BCUT2D eigenvalue weighted by atomic mass is 16.7. The number of carbonyl (C=O) groups is 4. The fourth-order valence-electron chi connectivity index (χ4n) is 6.43. The number of hydrogen-bond acceptors (Lipinski definition) is 8. The summed E-state index contributed by atoms with van der Waals surface area (Å²) in [7, 11) is 3.57. The van der Waals surface area contributed by atoms with Crippen LogP contribution < -0.4 is 37.0 Å². The lowest BCUT2D eigenvalue weighted by Gasteiger charge is -2.31. The number of carbonyl (C=O) groups excluding carboxylic acids is 4. The van der Waals surface area contributed by atoms with E-state index in [2.05, 4.69) is 26.1 Å². The van der Waals surface area contributed by atoms with Gasteiger partial charge in [0.2, 0.25) is 23.4 Å². The molecule has 286 valence electrons. The minimum atomic E-state index is -0.949. The molecule has 15 nitrogen and oxygen atoms in total. The van der Waals surface area contributed by atoms with Gasteiger partial charge in [-0.1, -0.05) is 30.3 Å². The summed E-state index contributed by atoms with van der Waals surface area (Å²) in [5, 5.41) is 5.79. The number of nitrogens with zero attached hydrogens (tertiary/aromatic N) is 5. The first-order chi connectivity index (χ1) is 25.7. The third-order valence-electron chi connectivity index (χ3n) is 9.13. The van der Waals surface area contributed by atoms with Gasteiger partial charge < -0.3 is 31.9 Å². The van der Waals surface area contributed by atoms with E-state index in [1.165, 1.54) is 0 Å². The summed E-state index contributed by atoms with van der Waals surface area (Å²) in [5.41, 5.74) is 17.2. The lowest BCUT2D eigenvalue weighted by atomic mass is 10.0. The van der Waals surface area contributed by atoms with Gasteiger partial charge in [-0.05, 0) is 88.8 Å². The van der Waals surface area contributed by atoms with Crippen molar-refractivity contribution < 1.29 is 28.6 Å². The molecule has 0 unspecified atom stereocenters. The number of hydroxylamine groups is 1. The average molecular weight is 740 g/mol. The van der Waals surface area contributed by atoms with Gasteiger partial charge in [0, 0.05) is 31.9 Å². The number of nitrogens with two attached hydrogens (primary N) is 2. The Morgan fingerprint density at radius 1 is 1.02 bits per heavy atom. The molecule has 0 aliphatic carbocycles. The molecule has 1 fully saturated rings. The number of rotatable bonds is 14. The number of fused-ring (bicyclic) bond motifs is 1. The number of aliphatic imine (C=N–C) groups is 2. The fourth-order valence-corrected chi connectivity index (χ4v) is 6.43. The van der Waals surface area contributed by atoms with Gasteiger partial charge in [0.15, 0.2) is 12.2 Å². The van der Waals surface area contributed by atoms with E-state index in [0.717, 1.165) is 11.3 Å². The first kappa shape index (κ1) is 39.5. The van der Waals surface area contributed by atoms with E-state index in [4.69, 9.17) is 16.3 Å². The second-order valence-corrected chi connectivity index (χ2v) is 14.5. The lowest BCUT2D eigenvalue weighted by Crippen LogP contribution is -2.56. The number of benzene rings is 2. The maximum Gasteiger partial charge on any atom is 0.283 e. The fraction of sp³-hybridized carbons (Fsp3) is 0.410. The largest absolute Gasteiger partial charge is 0.370 e. The van der Waals surface area contributed by atoms with Crippen molar-refractivity contribution in [3.8, 4) is 0 Å². The number of pyridine rings is 1. The van der Waals surface area contributed by atoms with E-state index in [-0.39, 0.29) is 30.7 Å². The smallest absolute Gasteiger partial charge is 0.283 e. The third kappa shape index (κ3) is 10.0. The van der Waals surface area contributed by atoms with Crippen molar-refractivity contribution in [2.75, 3.05) is 30.4 Å². The molecular formula is C39H51N10O5+. The van der Waals surface area contributed by atoms with Crippen LogP contribution in [-0.4, -0.2) is 84.1 Å². The molecule has 4 amide bonds. The Morgan fingerprint density at radius 2 is 1.74 bits per heavy atom. The highest BCUT2D eigenvalue weighted by Crippen LogP contribution is 2.27. The monoisotopic (exact) mass is 739 g/mol. The van der Waals surface area contributed by atoms with Crippen LogP contribution in [0.25, 0.3) is 0 Å². The molecule has 3 heterocycles. The predicted octanol–water partition coefficient (Wildman–Crippen LogP) is 2.01. The summed E-state index contributed by atoms with van der Waals surface area (Å²) >= 11 is 0. The van der Waals surface area contributed by atoms with Crippen molar-refractivity contribution in [3.63, 3.8) is 0 Å². The first-order valence-electron chi connectivity index (χ1n) is 18.1. The number of hydrogen-bond donors (Lipinski definition) is 5. The van der Waals surface area contributed by atoms with E-state index in [1.807, 2.05) is 81.0 Å². The molecule has 0 spiro atoms. The van der Waals surface area contributed by atoms with Gasteiger partial charge in [0.1, 0.15) is 30.9 Å². The van der Waals surface area contributed by atoms with Crippen molar-refractivity contribution in [1.82, 2.24) is 15.7 Å². The Morgan fingerprint density at radius 3 is 2.43 bits per heavy atom. The molecular weight excluding hydrogens is 688 g/mol. The summed E-state index contributed by atoms with van der Waals surface area (Å²) in [5.74, 6) is -1.42. The zero-order chi connectivity index (χ0) is 39.0. The minimum Gasteiger partial charge on any atom is -0.370 e. The van der Waals surface area contributed by atoms with Gasteiger partial charge in [-0.2, -0.15) is 10.0 Å². The molecule has 3 aromatic rings. The van der Waals surface area contributed by atoms with Crippen LogP contribution in [0.4, 0.5) is 17.1 Å². The van der Waals surface area contributed by atoms with Crippen LogP contribution in [0.1, 0.15) is 57.7 Å².